The molecule has 1 aromatic heterocycles. The summed E-state index contributed by atoms with van der Waals surface area (Å²) >= 11 is 0. The molecule has 0 aliphatic heterocycles. The number of Topliss-reactive ketones (excluding diaryl/α,β-unsaturated/α-hetero) is 1. The largest absolute Gasteiger partial charge is 0.461 e. The summed E-state index contributed by atoms with van der Waals surface area (Å²) in [7, 11) is 1.69. The maximum Gasteiger partial charge on any atom is 0.179 e. The van der Waals surface area contributed by atoms with Crippen LogP contribution in [0.1, 0.15) is 17.3 Å². The molecule has 0 aliphatic carbocycles. The van der Waals surface area contributed by atoms with E-state index in [1.807, 2.05) is 0 Å². The van der Waals surface area contributed by atoms with Crippen molar-refractivity contribution in [3.8, 4) is 0 Å². The number of carbonyl (C=O) groups excluding carboxylic acids is 1. The molecule has 3 nitrogen and oxygen atoms in total. The van der Waals surface area contributed by atoms with E-state index in [4.69, 9.17) is 4.42 Å². The highest BCUT2D eigenvalue weighted by Gasteiger charge is 2.16. The molecule has 16 heavy (non-hydrogen) atoms. The van der Waals surface area contributed by atoms with Crippen LogP contribution >= 0.6 is 0 Å². The predicted molar refractivity (Wildman–Crippen MR) is 59.0 cm³/mol. The lowest BCUT2D eigenvalue weighted by molar-refractivity contribution is 0.0955. The van der Waals surface area contributed by atoms with Crippen LogP contribution in [0, 0.1) is 5.82 Å². The minimum absolute atomic E-state index is 0.135. The topological polar surface area (TPSA) is 42.2 Å². The first-order valence-electron chi connectivity index (χ1n) is 5.01. The number of furan rings is 1. The maximum atomic E-state index is 13.5. The van der Waals surface area contributed by atoms with Gasteiger partial charge in [-0.05, 0) is 32.2 Å². The molecule has 0 amide bonds. The molecule has 0 fully saturated rings. The van der Waals surface area contributed by atoms with Crippen molar-refractivity contribution >= 4 is 16.8 Å². The van der Waals surface area contributed by atoms with E-state index >= 15 is 0 Å². The third-order valence-corrected chi connectivity index (χ3v) is 2.62. The monoisotopic (exact) mass is 221 g/mol. The Labute approximate surface area is 92.2 Å². The Kier molecular flexibility index (Phi) is 2.75. The molecule has 1 N–H and O–H groups in total. The number of nitrogens with one attached hydrogen (secondary N) is 1. The Hall–Kier alpha value is -1.68. The van der Waals surface area contributed by atoms with Gasteiger partial charge in [0, 0.05) is 10.9 Å². The lowest BCUT2D eigenvalue weighted by Gasteiger charge is -2.08. The molecule has 0 spiro atoms. The van der Waals surface area contributed by atoms with Gasteiger partial charge in [0.25, 0.3) is 0 Å². The number of carbonyl (C=O) groups is 1. The molecule has 1 aromatic carbocycles. The number of ketones is 1. The average molecular weight is 221 g/mol. The number of hydrogen-bond donors (Lipinski definition) is 1. The van der Waals surface area contributed by atoms with Gasteiger partial charge in [-0.1, -0.05) is 0 Å². The number of likely N-dealkylation sites (N-methyl/N-ethyl adjacent to an activating group) is 1. The Balaban J connectivity index is 2.49. The molecule has 1 heterocycles. The summed E-state index contributed by atoms with van der Waals surface area (Å²) < 4.78 is 18.5. The van der Waals surface area contributed by atoms with Gasteiger partial charge in [-0.3, -0.25) is 4.79 Å². The zero-order valence-electron chi connectivity index (χ0n) is 9.08. The molecule has 84 valence electrons. The van der Waals surface area contributed by atoms with Gasteiger partial charge in [0.2, 0.25) is 0 Å². The van der Waals surface area contributed by atoms with Crippen LogP contribution in [-0.2, 0) is 0 Å². The van der Waals surface area contributed by atoms with Gasteiger partial charge in [-0.25, -0.2) is 4.39 Å². The fourth-order valence-electron chi connectivity index (χ4n) is 1.56. The van der Waals surface area contributed by atoms with E-state index in [2.05, 4.69) is 5.32 Å². The van der Waals surface area contributed by atoms with Crippen LogP contribution in [-0.4, -0.2) is 18.9 Å². The molecule has 0 bridgehead atoms. The Morgan fingerprint density at radius 1 is 1.50 bits per heavy atom. The van der Waals surface area contributed by atoms with Gasteiger partial charge < -0.3 is 9.73 Å². The summed E-state index contributed by atoms with van der Waals surface area (Å²) in [6.45, 7) is 1.74. The van der Waals surface area contributed by atoms with Gasteiger partial charge in [0.15, 0.2) is 17.2 Å². The molecule has 0 aliphatic rings. The molecular weight excluding hydrogens is 209 g/mol. The smallest absolute Gasteiger partial charge is 0.179 e. The van der Waals surface area contributed by atoms with Crippen molar-refractivity contribution in [3.05, 3.63) is 35.8 Å². The fourth-order valence-corrected chi connectivity index (χ4v) is 1.56. The van der Waals surface area contributed by atoms with Crippen LogP contribution in [0.15, 0.2) is 28.9 Å². The highest BCUT2D eigenvalue weighted by molar-refractivity contribution is 6.02. The van der Waals surface area contributed by atoms with Gasteiger partial charge in [0.05, 0.1) is 12.3 Å². The molecule has 0 radical (unpaired) electrons. The quantitative estimate of drug-likeness (QED) is 0.809. The first-order chi connectivity index (χ1) is 7.63. The summed E-state index contributed by atoms with van der Waals surface area (Å²) in [6, 6.07) is 4.16. The third kappa shape index (κ3) is 1.72. The molecule has 0 saturated carbocycles. The zero-order chi connectivity index (χ0) is 11.7. The number of rotatable bonds is 3. The van der Waals surface area contributed by atoms with E-state index in [-0.39, 0.29) is 17.4 Å². The van der Waals surface area contributed by atoms with E-state index in [0.29, 0.717) is 10.9 Å². The standard InChI is InChI=1S/C12H12FNO2/c1-7(14-2)11(15)9-5-8-3-4-16-12(8)10(13)6-9/h3-7,14H,1-2H3. The first-order valence-corrected chi connectivity index (χ1v) is 5.01. The zero-order valence-corrected chi connectivity index (χ0v) is 9.08. The molecule has 1 unspecified atom stereocenters. The van der Waals surface area contributed by atoms with E-state index < -0.39 is 5.82 Å². The Morgan fingerprint density at radius 3 is 2.94 bits per heavy atom. The SMILES string of the molecule is CNC(C)C(=O)c1cc(F)c2occc2c1. The second kappa shape index (κ2) is 4.06. The second-order valence-corrected chi connectivity index (χ2v) is 3.67. The van der Waals surface area contributed by atoms with Crippen LogP contribution in [0.3, 0.4) is 0 Å². The summed E-state index contributed by atoms with van der Waals surface area (Å²) in [4.78, 5) is 11.8. The minimum atomic E-state index is -0.505. The minimum Gasteiger partial charge on any atom is -0.461 e. The predicted octanol–water partition coefficient (Wildman–Crippen LogP) is 2.36. The van der Waals surface area contributed by atoms with E-state index in [9.17, 15) is 9.18 Å². The van der Waals surface area contributed by atoms with E-state index in [0.717, 1.165) is 0 Å². The molecular formula is C12H12FNO2. The second-order valence-electron chi connectivity index (χ2n) is 3.67. The molecule has 2 rings (SSSR count). The van der Waals surface area contributed by atoms with Crippen LogP contribution in [0.2, 0.25) is 0 Å². The van der Waals surface area contributed by atoms with Gasteiger partial charge in [-0.2, -0.15) is 0 Å². The van der Waals surface area contributed by atoms with Crippen molar-refractivity contribution in [1.29, 1.82) is 0 Å². The van der Waals surface area contributed by atoms with Crippen molar-refractivity contribution in [2.75, 3.05) is 7.05 Å². The fraction of sp³-hybridized carbons (Fsp3) is 0.250. The van der Waals surface area contributed by atoms with Crippen molar-refractivity contribution in [2.24, 2.45) is 0 Å². The van der Waals surface area contributed by atoms with E-state index in [1.54, 1.807) is 26.1 Å². The lowest BCUT2D eigenvalue weighted by atomic mass is 10.0. The summed E-state index contributed by atoms with van der Waals surface area (Å²) in [5.41, 5.74) is 0.543. The van der Waals surface area contributed by atoms with Crippen molar-refractivity contribution < 1.29 is 13.6 Å². The summed E-state index contributed by atoms with van der Waals surface area (Å²) in [5.74, 6) is -0.640. The Bertz CT molecular complexity index is 533. The van der Waals surface area contributed by atoms with Gasteiger partial charge >= 0.3 is 0 Å². The van der Waals surface area contributed by atoms with Crippen molar-refractivity contribution in [2.45, 2.75) is 13.0 Å². The van der Waals surface area contributed by atoms with Crippen LogP contribution in [0.5, 0.6) is 0 Å². The molecule has 1 atom stereocenters. The average Bonchev–Trinajstić information content (AvgIpc) is 2.75. The van der Waals surface area contributed by atoms with Crippen LogP contribution in [0.25, 0.3) is 11.0 Å². The number of benzene rings is 1. The summed E-state index contributed by atoms with van der Waals surface area (Å²) in [5, 5.41) is 3.43. The third-order valence-electron chi connectivity index (χ3n) is 2.62. The normalized spacial score (nSPS) is 12.9. The molecule has 4 heteroatoms. The molecule has 0 saturated heterocycles. The van der Waals surface area contributed by atoms with Crippen LogP contribution in [0.4, 0.5) is 4.39 Å². The first kappa shape index (κ1) is 10.8. The van der Waals surface area contributed by atoms with Crippen LogP contribution < -0.4 is 5.32 Å². The van der Waals surface area contributed by atoms with E-state index in [1.165, 1.54) is 12.3 Å². The number of fused-ring (bicyclic) bond motifs is 1. The maximum absolute atomic E-state index is 13.5. The van der Waals surface area contributed by atoms with Gasteiger partial charge in [0.1, 0.15) is 0 Å². The summed E-state index contributed by atoms with van der Waals surface area (Å²) in [6.07, 6.45) is 1.41. The van der Waals surface area contributed by atoms with Crippen molar-refractivity contribution in [3.63, 3.8) is 0 Å². The highest BCUT2D eigenvalue weighted by atomic mass is 19.1. The number of hydrogen-bond acceptors (Lipinski definition) is 3. The highest BCUT2D eigenvalue weighted by Crippen LogP contribution is 2.21. The van der Waals surface area contributed by atoms with Crippen molar-refractivity contribution in [1.82, 2.24) is 5.32 Å². The lowest BCUT2D eigenvalue weighted by Crippen LogP contribution is -2.30. The van der Waals surface area contributed by atoms with Gasteiger partial charge in [-0.15, -0.1) is 0 Å². The number of halogens is 1. The molecule has 2 aromatic rings. The Morgan fingerprint density at radius 2 is 2.25 bits per heavy atom.